The number of fused-ring (bicyclic) bond motifs is 1. The highest BCUT2D eigenvalue weighted by Crippen LogP contribution is 2.18. The maximum atomic E-state index is 12.1. The van der Waals surface area contributed by atoms with E-state index in [4.69, 9.17) is 4.74 Å². The van der Waals surface area contributed by atoms with Gasteiger partial charge < -0.3 is 14.5 Å². The first-order valence-electron chi connectivity index (χ1n) is 8.52. The molecule has 2 amide bonds. The van der Waals surface area contributed by atoms with Gasteiger partial charge in [-0.3, -0.25) is 19.7 Å². The molecule has 0 unspecified atom stereocenters. The SMILES string of the molecule is O=C(COC(=O)Cc1c[nH]c2ccccc12)NC(=O)c1ccc(OC(F)F)cc1. The Morgan fingerprint density at radius 2 is 1.76 bits per heavy atom. The predicted molar refractivity (Wildman–Crippen MR) is 98.5 cm³/mol. The van der Waals surface area contributed by atoms with Gasteiger partial charge in [-0.2, -0.15) is 8.78 Å². The van der Waals surface area contributed by atoms with Crippen LogP contribution in [0.25, 0.3) is 10.9 Å². The van der Waals surface area contributed by atoms with Crippen LogP contribution in [-0.4, -0.2) is 36.0 Å². The number of imide groups is 1. The highest BCUT2D eigenvalue weighted by atomic mass is 19.3. The summed E-state index contributed by atoms with van der Waals surface area (Å²) < 4.78 is 33.3. The molecule has 0 atom stereocenters. The number of para-hydroxylation sites is 1. The van der Waals surface area contributed by atoms with E-state index in [9.17, 15) is 23.2 Å². The molecule has 29 heavy (non-hydrogen) atoms. The zero-order valence-electron chi connectivity index (χ0n) is 15.0. The van der Waals surface area contributed by atoms with Gasteiger partial charge in [0.1, 0.15) is 5.75 Å². The average molecular weight is 402 g/mol. The Balaban J connectivity index is 1.47. The molecule has 0 aliphatic carbocycles. The Morgan fingerprint density at radius 3 is 2.48 bits per heavy atom. The summed E-state index contributed by atoms with van der Waals surface area (Å²) in [5.74, 6) is -2.30. The molecule has 0 aliphatic heterocycles. The largest absolute Gasteiger partial charge is 0.455 e. The van der Waals surface area contributed by atoms with Crippen molar-refractivity contribution in [2.75, 3.05) is 6.61 Å². The number of rotatable bonds is 7. The van der Waals surface area contributed by atoms with E-state index in [-0.39, 0.29) is 17.7 Å². The van der Waals surface area contributed by atoms with Crippen molar-refractivity contribution in [3.8, 4) is 5.75 Å². The molecule has 7 nitrogen and oxygen atoms in total. The summed E-state index contributed by atoms with van der Waals surface area (Å²) >= 11 is 0. The number of amides is 2. The number of carbonyl (C=O) groups is 3. The van der Waals surface area contributed by atoms with E-state index in [1.165, 1.54) is 24.3 Å². The minimum atomic E-state index is -2.98. The van der Waals surface area contributed by atoms with Crippen LogP contribution in [0.4, 0.5) is 8.78 Å². The Morgan fingerprint density at radius 1 is 1.03 bits per heavy atom. The summed E-state index contributed by atoms with van der Waals surface area (Å²) in [5, 5.41) is 2.93. The van der Waals surface area contributed by atoms with E-state index in [1.807, 2.05) is 24.3 Å². The van der Waals surface area contributed by atoms with E-state index in [1.54, 1.807) is 6.20 Å². The minimum absolute atomic E-state index is 0.0309. The van der Waals surface area contributed by atoms with Crippen LogP contribution < -0.4 is 10.1 Å². The van der Waals surface area contributed by atoms with E-state index < -0.39 is 31.0 Å². The quantitative estimate of drug-likeness (QED) is 0.593. The van der Waals surface area contributed by atoms with Gasteiger partial charge in [-0.15, -0.1) is 0 Å². The number of nitrogens with one attached hydrogen (secondary N) is 2. The van der Waals surface area contributed by atoms with Gasteiger partial charge in [0.15, 0.2) is 6.61 Å². The first kappa shape index (κ1) is 20.0. The van der Waals surface area contributed by atoms with Gasteiger partial charge in [0.05, 0.1) is 6.42 Å². The van der Waals surface area contributed by atoms with Crippen molar-refractivity contribution < 1.29 is 32.6 Å². The third-order valence-electron chi connectivity index (χ3n) is 3.97. The Bertz CT molecular complexity index is 1030. The fourth-order valence-corrected chi connectivity index (χ4v) is 2.65. The molecule has 0 saturated carbocycles. The van der Waals surface area contributed by atoms with Gasteiger partial charge in [-0.1, -0.05) is 18.2 Å². The number of aromatic amines is 1. The van der Waals surface area contributed by atoms with Crippen LogP contribution in [0.15, 0.2) is 54.7 Å². The van der Waals surface area contributed by atoms with E-state index in [2.05, 4.69) is 15.0 Å². The zero-order chi connectivity index (χ0) is 20.8. The molecule has 3 aromatic rings. The number of halogens is 2. The number of H-pyrrole nitrogens is 1. The van der Waals surface area contributed by atoms with Crippen molar-refractivity contribution in [3.05, 3.63) is 65.9 Å². The van der Waals surface area contributed by atoms with Crippen LogP contribution >= 0.6 is 0 Å². The normalized spacial score (nSPS) is 10.7. The summed E-state index contributed by atoms with van der Waals surface area (Å²) in [5.41, 5.74) is 1.67. The first-order chi connectivity index (χ1) is 13.9. The van der Waals surface area contributed by atoms with Crippen molar-refractivity contribution >= 4 is 28.7 Å². The molecule has 0 fully saturated rings. The number of carbonyl (C=O) groups excluding carboxylic acids is 3. The molecule has 1 heterocycles. The smallest absolute Gasteiger partial charge is 0.387 e. The lowest BCUT2D eigenvalue weighted by molar-refractivity contribution is -0.147. The summed E-state index contributed by atoms with van der Waals surface area (Å²) in [6.45, 7) is -3.60. The van der Waals surface area contributed by atoms with Gasteiger partial charge >= 0.3 is 12.6 Å². The molecule has 9 heteroatoms. The third-order valence-corrected chi connectivity index (χ3v) is 3.97. The first-order valence-corrected chi connectivity index (χ1v) is 8.52. The van der Waals surface area contributed by atoms with Crippen LogP contribution in [0.3, 0.4) is 0 Å². The molecule has 3 rings (SSSR count). The molecule has 0 spiro atoms. The van der Waals surface area contributed by atoms with Crippen molar-refractivity contribution in [3.63, 3.8) is 0 Å². The molecule has 0 saturated heterocycles. The van der Waals surface area contributed by atoms with Crippen molar-refractivity contribution in [1.82, 2.24) is 10.3 Å². The Labute approximate surface area is 163 Å². The maximum Gasteiger partial charge on any atom is 0.387 e. The topological polar surface area (TPSA) is 97.5 Å². The van der Waals surface area contributed by atoms with Gasteiger partial charge in [0.25, 0.3) is 11.8 Å². The predicted octanol–water partition coefficient (Wildman–Crippen LogP) is 2.81. The van der Waals surface area contributed by atoms with Crippen molar-refractivity contribution in [2.45, 2.75) is 13.0 Å². The van der Waals surface area contributed by atoms with Crippen LogP contribution in [0.2, 0.25) is 0 Å². The second-order valence-corrected chi connectivity index (χ2v) is 5.98. The summed E-state index contributed by atoms with van der Waals surface area (Å²) in [7, 11) is 0. The summed E-state index contributed by atoms with van der Waals surface area (Å²) in [6.07, 6.45) is 1.66. The monoisotopic (exact) mass is 402 g/mol. The van der Waals surface area contributed by atoms with E-state index in [0.29, 0.717) is 0 Å². The lowest BCUT2D eigenvalue weighted by atomic mass is 10.1. The highest BCUT2D eigenvalue weighted by Gasteiger charge is 2.15. The molecule has 1 aromatic heterocycles. The average Bonchev–Trinajstić information content (AvgIpc) is 3.09. The van der Waals surface area contributed by atoms with E-state index in [0.717, 1.165) is 16.5 Å². The van der Waals surface area contributed by atoms with Crippen LogP contribution in [0.1, 0.15) is 15.9 Å². The second kappa shape index (κ2) is 8.96. The zero-order valence-corrected chi connectivity index (χ0v) is 15.0. The standard InChI is InChI=1S/C20H16F2N2O5/c21-20(22)29-14-7-5-12(6-8-14)19(27)24-17(25)11-28-18(26)9-13-10-23-16-4-2-1-3-15(13)16/h1-8,10,20,23H,9,11H2,(H,24,25,27). The number of benzene rings is 2. The maximum absolute atomic E-state index is 12.1. The molecular formula is C20H16F2N2O5. The molecule has 0 radical (unpaired) electrons. The van der Waals surface area contributed by atoms with Gasteiger partial charge in [0.2, 0.25) is 0 Å². The van der Waals surface area contributed by atoms with Crippen molar-refractivity contribution in [2.24, 2.45) is 0 Å². The van der Waals surface area contributed by atoms with Gasteiger partial charge in [-0.05, 0) is 35.9 Å². The number of esters is 1. The van der Waals surface area contributed by atoms with Gasteiger partial charge in [-0.25, -0.2) is 0 Å². The van der Waals surface area contributed by atoms with Crippen LogP contribution in [0.5, 0.6) is 5.75 Å². The minimum Gasteiger partial charge on any atom is -0.455 e. The number of hydrogen-bond acceptors (Lipinski definition) is 5. The molecule has 2 N–H and O–H groups in total. The second-order valence-electron chi connectivity index (χ2n) is 5.98. The van der Waals surface area contributed by atoms with E-state index >= 15 is 0 Å². The Kier molecular flexibility index (Phi) is 6.18. The number of aromatic nitrogens is 1. The number of ether oxygens (including phenoxy) is 2. The van der Waals surface area contributed by atoms with Gasteiger partial charge in [0, 0.05) is 22.7 Å². The van der Waals surface area contributed by atoms with Crippen molar-refractivity contribution in [1.29, 1.82) is 0 Å². The fraction of sp³-hybridized carbons (Fsp3) is 0.150. The fourth-order valence-electron chi connectivity index (χ4n) is 2.65. The molecule has 0 bridgehead atoms. The Hall–Kier alpha value is -3.75. The number of hydrogen-bond donors (Lipinski definition) is 2. The lowest BCUT2D eigenvalue weighted by Gasteiger charge is -2.07. The summed E-state index contributed by atoms with van der Waals surface area (Å²) in [4.78, 5) is 38.8. The molecule has 0 aliphatic rings. The molecule has 150 valence electrons. The summed E-state index contributed by atoms with van der Waals surface area (Å²) in [6, 6.07) is 12.2. The molecule has 2 aromatic carbocycles. The van der Waals surface area contributed by atoms with Crippen LogP contribution in [0, 0.1) is 0 Å². The van der Waals surface area contributed by atoms with Crippen LogP contribution in [-0.2, 0) is 20.7 Å². The number of alkyl halides is 2. The molecular weight excluding hydrogens is 386 g/mol. The third kappa shape index (κ3) is 5.38. The lowest BCUT2D eigenvalue weighted by Crippen LogP contribution is -2.34. The highest BCUT2D eigenvalue weighted by molar-refractivity contribution is 6.05.